The van der Waals surface area contributed by atoms with E-state index in [1.807, 2.05) is 109 Å². The summed E-state index contributed by atoms with van der Waals surface area (Å²) < 4.78 is 12.3. The minimum Gasteiger partial charge on any atom is -0.422 e. The van der Waals surface area contributed by atoms with Crippen LogP contribution in [0.2, 0.25) is 0 Å². The number of carbonyl (C=O) groups excluding carboxylic acids is 2. The van der Waals surface area contributed by atoms with E-state index < -0.39 is 17.4 Å². The van der Waals surface area contributed by atoms with Crippen molar-refractivity contribution in [2.24, 2.45) is 0 Å². The van der Waals surface area contributed by atoms with Crippen LogP contribution in [-0.4, -0.2) is 11.9 Å². The fraction of sp³-hybridized carbons (Fsp3) is 0.0196. The van der Waals surface area contributed by atoms with E-state index in [1.54, 1.807) is 24.3 Å². The molecule has 1 aliphatic carbocycles. The maximum atomic E-state index is 13.5. The molecule has 0 saturated carbocycles. The number of esters is 2. The molecule has 262 valence electrons. The van der Waals surface area contributed by atoms with Crippen molar-refractivity contribution in [1.82, 2.24) is 0 Å². The highest BCUT2D eigenvalue weighted by molar-refractivity contribution is 5.94. The predicted molar refractivity (Wildman–Crippen MR) is 217 cm³/mol. The Labute approximate surface area is 319 Å². The fourth-order valence-corrected chi connectivity index (χ4v) is 7.88. The smallest absolute Gasteiger partial charge is 0.343 e. The number of rotatable bonds is 8. The standard InChI is InChI=1S/C51H34O4/c52-49(37-21-9-3-10-22-37)54-47-31-29-39(33-43(47)35-17-5-1-6-18-35)51(45-27-15-13-25-41(45)42-26-14-16-28-46(42)51)40-30-32-48(44(34-40)36-19-7-2-8-20-36)55-50(53)38-23-11-4-12-24-38/h1-34H. The molecule has 0 amide bonds. The summed E-state index contributed by atoms with van der Waals surface area (Å²) in [6.45, 7) is 0. The average Bonchev–Trinajstić information content (AvgIpc) is 3.56. The molecule has 0 aliphatic heterocycles. The quantitative estimate of drug-likeness (QED) is 0.116. The molecule has 0 aromatic heterocycles. The Kier molecular flexibility index (Phi) is 8.69. The molecule has 0 unspecified atom stereocenters. The van der Waals surface area contributed by atoms with E-state index in [-0.39, 0.29) is 0 Å². The number of hydrogen-bond donors (Lipinski definition) is 0. The number of ether oxygens (including phenoxy) is 2. The van der Waals surface area contributed by atoms with Gasteiger partial charge in [-0.3, -0.25) is 0 Å². The summed E-state index contributed by atoms with van der Waals surface area (Å²) in [5.74, 6) is 0.0771. The minimum absolute atomic E-state index is 0.426. The largest absolute Gasteiger partial charge is 0.422 e. The van der Waals surface area contributed by atoms with E-state index in [4.69, 9.17) is 9.47 Å². The van der Waals surface area contributed by atoms with Crippen LogP contribution in [0.4, 0.5) is 0 Å². The maximum Gasteiger partial charge on any atom is 0.343 e. The molecule has 8 aromatic carbocycles. The van der Waals surface area contributed by atoms with E-state index in [0.29, 0.717) is 22.6 Å². The molecule has 55 heavy (non-hydrogen) atoms. The lowest BCUT2D eigenvalue weighted by molar-refractivity contribution is 0.0726. The second-order valence-corrected chi connectivity index (χ2v) is 13.5. The van der Waals surface area contributed by atoms with E-state index >= 15 is 0 Å². The summed E-state index contributed by atoms with van der Waals surface area (Å²) in [4.78, 5) is 26.9. The summed E-state index contributed by atoms with van der Waals surface area (Å²) >= 11 is 0. The molecule has 0 fully saturated rings. The van der Waals surface area contributed by atoms with Gasteiger partial charge < -0.3 is 9.47 Å². The zero-order valence-corrected chi connectivity index (χ0v) is 29.8. The summed E-state index contributed by atoms with van der Waals surface area (Å²) in [6, 6.07) is 67.5. The Bertz CT molecular complexity index is 2480. The van der Waals surface area contributed by atoms with E-state index in [2.05, 4.69) is 72.8 Å². The molecule has 8 aromatic rings. The van der Waals surface area contributed by atoms with Gasteiger partial charge in [-0.2, -0.15) is 0 Å². The van der Waals surface area contributed by atoms with Crippen molar-refractivity contribution in [3.05, 3.63) is 240 Å². The molecule has 1 aliphatic rings. The van der Waals surface area contributed by atoms with Crippen LogP contribution in [0, 0.1) is 0 Å². The van der Waals surface area contributed by atoms with Gasteiger partial charge >= 0.3 is 11.9 Å². The first-order valence-corrected chi connectivity index (χ1v) is 18.2. The van der Waals surface area contributed by atoms with Gasteiger partial charge in [0.25, 0.3) is 0 Å². The monoisotopic (exact) mass is 710 g/mol. The van der Waals surface area contributed by atoms with Crippen molar-refractivity contribution >= 4 is 11.9 Å². The zero-order chi connectivity index (χ0) is 37.2. The van der Waals surface area contributed by atoms with Gasteiger partial charge in [0.05, 0.1) is 16.5 Å². The molecular weight excluding hydrogens is 677 g/mol. The lowest BCUT2D eigenvalue weighted by atomic mass is 9.67. The average molecular weight is 711 g/mol. The summed E-state index contributed by atoms with van der Waals surface area (Å²) in [5.41, 5.74) is 10.1. The Morgan fingerprint density at radius 2 is 0.691 bits per heavy atom. The highest BCUT2D eigenvalue weighted by Crippen LogP contribution is 2.57. The maximum absolute atomic E-state index is 13.5. The fourth-order valence-electron chi connectivity index (χ4n) is 7.88. The number of fused-ring (bicyclic) bond motifs is 3. The van der Waals surface area contributed by atoms with E-state index in [0.717, 1.165) is 55.6 Å². The van der Waals surface area contributed by atoms with Crippen molar-refractivity contribution in [3.8, 4) is 44.9 Å². The Morgan fingerprint density at radius 3 is 1.09 bits per heavy atom. The van der Waals surface area contributed by atoms with Gasteiger partial charge in [0.15, 0.2) is 0 Å². The van der Waals surface area contributed by atoms with Gasteiger partial charge in [0.2, 0.25) is 0 Å². The van der Waals surface area contributed by atoms with Crippen LogP contribution >= 0.6 is 0 Å². The van der Waals surface area contributed by atoms with Gasteiger partial charge in [-0.05, 0) is 93.0 Å². The predicted octanol–water partition coefficient (Wildman–Crippen LogP) is 11.8. The lowest BCUT2D eigenvalue weighted by Gasteiger charge is -2.35. The molecule has 0 spiro atoms. The summed E-state index contributed by atoms with van der Waals surface area (Å²) in [5, 5.41) is 0. The molecule has 0 heterocycles. The van der Waals surface area contributed by atoms with Gasteiger partial charge in [0.1, 0.15) is 11.5 Å². The van der Waals surface area contributed by atoms with Crippen LogP contribution in [0.1, 0.15) is 43.0 Å². The number of carbonyl (C=O) groups is 2. The van der Waals surface area contributed by atoms with Crippen molar-refractivity contribution < 1.29 is 19.1 Å². The summed E-state index contributed by atoms with van der Waals surface area (Å²) in [7, 11) is 0. The van der Waals surface area contributed by atoms with Crippen molar-refractivity contribution in [1.29, 1.82) is 0 Å². The number of benzene rings is 8. The third kappa shape index (κ3) is 6.00. The molecular formula is C51H34O4. The summed E-state index contributed by atoms with van der Waals surface area (Å²) in [6.07, 6.45) is 0. The van der Waals surface area contributed by atoms with E-state index in [1.165, 1.54) is 0 Å². The first-order valence-electron chi connectivity index (χ1n) is 18.2. The SMILES string of the molecule is O=C(Oc1ccc(C2(c3ccc(OC(=O)c4ccccc4)c(-c4ccccc4)c3)c3ccccc3-c3ccccc32)cc1-c1ccccc1)c1ccccc1. The first-order chi connectivity index (χ1) is 27.1. The molecule has 9 rings (SSSR count). The molecule has 4 heteroatoms. The van der Waals surface area contributed by atoms with Gasteiger partial charge in [0, 0.05) is 11.1 Å². The van der Waals surface area contributed by atoms with Gasteiger partial charge in [-0.25, -0.2) is 9.59 Å². The Hall–Kier alpha value is -7.30. The highest BCUT2D eigenvalue weighted by atomic mass is 16.5. The second-order valence-electron chi connectivity index (χ2n) is 13.5. The van der Waals surface area contributed by atoms with Gasteiger partial charge in [-0.15, -0.1) is 0 Å². The van der Waals surface area contributed by atoms with Crippen LogP contribution in [0.15, 0.2) is 206 Å². The van der Waals surface area contributed by atoms with Crippen LogP contribution < -0.4 is 9.47 Å². The first kappa shape index (κ1) is 33.5. The van der Waals surface area contributed by atoms with Gasteiger partial charge in [-0.1, -0.05) is 158 Å². The van der Waals surface area contributed by atoms with Crippen molar-refractivity contribution in [2.75, 3.05) is 0 Å². The highest BCUT2D eigenvalue weighted by Gasteiger charge is 2.46. The number of hydrogen-bond acceptors (Lipinski definition) is 4. The normalized spacial score (nSPS) is 12.3. The van der Waals surface area contributed by atoms with Crippen LogP contribution in [0.3, 0.4) is 0 Å². The molecule has 0 saturated heterocycles. The zero-order valence-electron chi connectivity index (χ0n) is 29.8. The lowest BCUT2D eigenvalue weighted by Crippen LogP contribution is -2.29. The molecule has 0 bridgehead atoms. The topological polar surface area (TPSA) is 52.6 Å². The van der Waals surface area contributed by atoms with Crippen molar-refractivity contribution in [3.63, 3.8) is 0 Å². The van der Waals surface area contributed by atoms with Crippen LogP contribution in [0.5, 0.6) is 11.5 Å². The molecule has 0 N–H and O–H groups in total. The molecule has 0 radical (unpaired) electrons. The van der Waals surface area contributed by atoms with Crippen LogP contribution in [-0.2, 0) is 5.41 Å². The Balaban J connectivity index is 1.29. The van der Waals surface area contributed by atoms with Crippen molar-refractivity contribution in [2.45, 2.75) is 5.41 Å². The van der Waals surface area contributed by atoms with E-state index in [9.17, 15) is 9.59 Å². The minimum atomic E-state index is -0.801. The third-order valence-corrected chi connectivity index (χ3v) is 10.4. The molecule has 0 atom stereocenters. The molecule has 4 nitrogen and oxygen atoms in total. The third-order valence-electron chi connectivity index (χ3n) is 10.4. The second kappa shape index (κ2) is 14.3. The van der Waals surface area contributed by atoms with Crippen LogP contribution in [0.25, 0.3) is 33.4 Å². The Morgan fingerprint density at radius 1 is 0.345 bits per heavy atom.